The molecule has 21 heavy (non-hydrogen) atoms. The fraction of sp³-hybridized carbons (Fsp3) is 0.385. The maximum Gasteiger partial charge on any atom is 0.340 e. The highest BCUT2D eigenvalue weighted by Crippen LogP contribution is 2.25. The minimum Gasteiger partial charge on any atom is -0.478 e. The van der Waals surface area contributed by atoms with E-state index in [1.54, 1.807) is 0 Å². The summed E-state index contributed by atoms with van der Waals surface area (Å²) in [5, 5.41) is 14.4. The number of carboxylic acids is 1. The number of carboxylic acid groups (broad SMARTS) is 1. The van der Waals surface area contributed by atoms with Crippen LogP contribution in [0.25, 0.3) is 0 Å². The van der Waals surface area contributed by atoms with Crippen molar-refractivity contribution in [3.63, 3.8) is 0 Å². The summed E-state index contributed by atoms with van der Waals surface area (Å²) in [5.41, 5.74) is 4.81. The molecule has 0 saturated heterocycles. The predicted octanol–water partition coefficient (Wildman–Crippen LogP) is 0.671. The highest BCUT2D eigenvalue weighted by atomic mass is 19.1. The maximum absolute atomic E-state index is 13.3. The van der Waals surface area contributed by atoms with E-state index >= 15 is 0 Å². The average Bonchev–Trinajstić information content (AvgIpc) is 2.42. The van der Waals surface area contributed by atoms with Gasteiger partial charge in [-0.1, -0.05) is 0 Å². The van der Waals surface area contributed by atoms with E-state index in [9.17, 15) is 14.0 Å². The molecule has 0 unspecified atom stereocenters. The molecule has 7 nitrogen and oxygen atoms in total. The van der Waals surface area contributed by atoms with E-state index in [0.717, 1.165) is 6.07 Å². The molecule has 1 aromatic carbocycles. The Hall–Kier alpha value is -2.35. The summed E-state index contributed by atoms with van der Waals surface area (Å²) in [6, 6.07) is 2.35. The van der Waals surface area contributed by atoms with Crippen LogP contribution < -0.4 is 16.4 Å². The number of halogens is 1. The fourth-order valence-corrected chi connectivity index (χ4v) is 1.66. The van der Waals surface area contributed by atoms with Gasteiger partial charge in [0.1, 0.15) is 11.4 Å². The van der Waals surface area contributed by atoms with E-state index in [1.807, 2.05) is 0 Å². The summed E-state index contributed by atoms with van der Waals surface area (Å²) >= 11 is 0. The topological polar surface area (TPSA) is 114 Å². The van der Waals surface area contributed by atoms with Crippen molar-refractivity contribution >= 4 is 23.3 Å². The molecule has 0 aromatic heterocycles. The highest BCUT2D eigenvalue weighted by Gasteiger charge is 2.17. The molecule has 0 aliphatic carbocycles. The number of anilines is 2. The first-order chi connectivity index (χ1) is 9.97. The molecule has 0 fully saturated rings. The summed E-state index contributed by atoms with van der Waals surface area (Å²) < 4.78 is 18.0. The van der Waals surface area contributed by atoms with Gasteiger partial charge >= 0.3 is 5.97 Å². The minimum atomic E-state index is -1.33. The van der Waals surface area contributed by atoms with Crippen molar-refractivity contribution in [3.8, 4) is 0 Å². The van der Waals surface area contributed by atoms with E-state index in [1.165, 1.54) is 13.2 Å². The molecule has 0 aliphatic heterocycles. The molecule has 0 radical (unpaired) electrons. The number of methoxy groups -OCH3 is 1. The van der Waals surface area contributed by atoms with E-state index in [-0.39, 0.29) is 30.1 Å². The second-order valence-electron chi connectivity index (χ2n) is 4.21. The van der Waals surface area contributed by atoms with Gasteiger partial charge in [-0.05, 0) is 12.1 Å². The number of rotatable bonds is 8. The van der Waals surface area contributed by atoms with Gasteiger partial charge in [-0.25, -0.2) is 9.18 Å². The number of ether oxygens (including phenoxy) is 1. The lowest BCUT2D eigenvalue weighted by Crippen LogP contribution is -2.28. The Balaban J connectivity index is 2.58. The average molecular weight is 299 g/mol. The zero-order chi connectivity index (χ0) is 15.8. The SMILES string of the molecule is COCCNC(=O)CCNc1ccc(F)c(N)c1C(=O)O. The van der Waals surface area contributed by atoms with Crippen LogP contribution in [-0.4, -0.2) is 43.8 Å². The van der Waals surface area contributed by atoms with Gasteiger partial charge in [0.05, 0.1) is 18.0 Å². The first-order valence-electron chi connectivity index (χ1n) is 6.28. The number of carbonyl (C=O) groups is 2. The molecule has 5 N–H and O–H groups in total. The van der Waals surface area contributed by atoms with Crippen LogP contribution in [0.1, 0.15) is 16.8 Å². The number of nitrogens with two attached hydrogens (primary N) is 1. The molecule has 8 heteroatoms. The number of hydrogen-bond donors (Lipinski definition) is 4. The summed E-state index contributed by atoms with van der Waals surface area (Å²) in [4.78, 5) is 22.5. The highest BCUT2D eigenvalue weighted by molar-refractivity contribution is 6.00. The standard InChI is InChI=1S/C13H18FN3O4/c1-21-7-6-17-10(18)4-5-16-9-3-2-8(14)12(15)11(9)13(19)20/h2-3,16H,4-7,15H2,1H3,(H,17,18)(H,19,20). The summed E-state index contributed by atoms with van der Waals surface area (Å²) in [6.45, 7) is 1.01. The van der Waals surface area contributed by atoms with Crippen molar-refractivity contribution in [3.05, 3.63) is 23.5 Å². The van der Waals surface area contributed by atoms with Crippen LogP contribution in [0.5, 0.6) is 0 Å². The predicted molar refractivity (Wildman–Crippen MR) is 75.8 cm³/mol. The first kappa shape index (κ1) is 16.7. The second kappa shape index (κ2) is 8.05. The molecule has 116 valence electrons. The Kier molecular flexibility index (Phi) is 6.41. The van der Waals surface area contributed by atoms with Gasteiger partial charge in [-0.3, -0.25) is 4.79 Å². The molecule has 1 aromatic rings. The lowest BCUT2D eigenvalue weighted by molar-refractivity contribution is -0.121. The number of hydrogen-bond acceptors (Lipinski definition) is 5. The van der Waals surface area contributed by atoms with Crippen LogP contribution >= 0.6 is 0 Å². The smallest absolute Gasteiger partial charge is 0.340 e. The van der Waals surface area contributed by atoms with Gasteiger partial charge in [0.15, 0.2) is 0 Å². The van der Waals surface area contributed by atoms with Crippen molar-refractivity contribution in [1.82, 2.24) is 5.32 Å². The molecule has 1 amide bonds. The first-order valence-corrected chi connectivity index (χ1v) is 6.28. The van der Waals surface area contributed by atoms with E-state index in [2.05, 4.69) is 10.6 Å². The van der Waals surface area contributed by atoms with E-state index in [4.69, 9.17) is 15.6 Å². The fourth-order valence-electron chi connectivity index (χ4n) is 1.66. The van der Waals surface area contributed by atoms with Crippen LogP contribution in [-0.2, 0) is 9.53 Å². The largest absolute Gasteiger partial charge is 0.478 e. The maximum atomic E-state index is 13.3. The van der Waals surface area contributed by atoms with Crippen molar-refractivity contribution in [1.29, 1.82) is 0 Å². The van der Waals surface area contributed by atoms with Gasteiger partial charge in [0.2, 0.25) is 5.91 Å². The summed E-state index contributed by atoms with van der Waals surface area (Å²) in [6.07, 6.45) is 0.139. The molecule has 0 aliphatic rings. The zero-order valence-corrected chi connectivity index (χ0v) is 11.6. The number of amides is 1. The normalized spacial score (nSPS) is 10.2. The van der Waals surface area contributed by atoms with Crippen molar-refractivity contribution in [2.75, 3.05) is 37.9 Å². The molecule has 0 atom stereocenters. The molecular weight excluding hydrogens is 281 g/mol. The molecule has 0 bridgehead atoms. The van der Waals surface area contributed by atoms with Crippen molar-refractivity contribution in [2.45, 2.75) is 6.42 Å². The third-order valence-corrected chi connectivity index (χ3v) is 2.70. The summed E-state index contributed by atoms with van der Waals surface area (Å²) in [5.74, 6) is -2.33. The minimum absolute atomic E-state index is 0.139. The molecular formula is C13H18FN3O4. The monoisotopic (exact) mass is 299 g/mol. The lowest BCUT2D eigenvalue weighted by atomic mass is 10.1. The zero-order valence-electron chi connectivity index (χ0n) is 11.6. The number of aromatic carboxylic acids is 1. The van der Waals surface area contributed by atoms with Crippen LogP contribution in [0, 0.1) is 5.82 Å². The van der Waals surface area contributed by atoms with Gasteiger partial charge in [0, 0.05) is 26.6 Å². The van der Waals surface area contributed by atoms with Gasteiger partial charge in [-0.2, -0.15) is 0 Å². The van der Waals surface area contributed by atoms with Crippen LogP contribution in [0.4, 0.5) is 15.8 Å². The van der Waals surface area contributed by atoms with E-state index in [0.29, 0.717) is 13.2 Å². The molecule has 0 heterocycles. The van der Waals surface area contributed by atoms with Crippen molar-refractivity contribution in [2.24, 2.45) is 0 Å². The van der Waals surface area contributed by atoms with Gasteiger partial charge < -0.3 is 26.2 Å². The Morgan fingerprint density at radius 1 is 1.38 bits per heavy atom. The quantitative estimate of drug-likeness (QED) is 0.414. The number of carbonyl (C=O) groups excluding carboxylic acids is 1. The van der Waals surface area contributed by atoms with Crippen LogP contribution in [0.3, 0.4) is 0 Å². The molecule has 1 rings (SSSR count). The Labute approximate surface area is 121 Å². The third kappa shape index (κ3) is 4.92. The van der Waals surface area contributed by atoms with Crippen LogP contribution in [0.15, 0.2) is 12.1 Å². The second-order valence-corrected chi connectivity index (χ2v) is 4.21. The Morgan fingerprint density at radius 3 is 2.71 bits per heavy atom. The van der Waals surface area contributed by atoms with E-state index < -0.39 is 17.5 Å². The summed E-state index contributed by atoms with van der Waals surface area (Å²) in [7, 11) is 1.53. The Morgan fingerprint density at radius 2 is 2.10 bits per heavy atom. The van der Waals surface area contributed by atoms with Crippen molar-refractivity contribution < 1.29 is 23.8 Å². The van der Waals surface area contributed by atoms with Gasteiger partial charge in [-0.15, -0.1) is 0 Å². The number of nitrogens with one attached hydrogen (secondary N) is 2. The van der Waals surface area contributed by atoms with Gasteiger partial charge in [0.25, 0.3) is 0 Å². The molecule has 0 saturated carbocycles. The number of benzene rings is 1. The number of nitrogen functional groups attached to an aromatic ring is 1. The molecule has 0 spiro atoms. The van der Waals surface area contributed by atoms with Crippen LogP contribution in [0.2, 0.25) is 0 Å². The Bertz CT molecular complexity index is 522. The lowest BCUT2D eigenvalue weighted by Gasteiger charge is -2.12. The third-order valence-electron chi connectivity index (χ3n) is 2.70.